The zero-order valence-corrected chi connectivity index (χ0v) is 20.3. The molecule has 0 aliphatic heterocycles. The largest absolute Gasteiger partial charge is 0.345 e. The fourth-order valence-electron chi connectivity index (χ4n) is 3.62. The van der Waals surface area contributed by atoms with Crippen LogP contribution in [0.5, 0.6) is 0 Å². The molecule has 0 saturated carbocycles. The second-order valence-corrected chi connectivity index (χ2v) is 9.79. The number of amides is 2. The van der Waals surface area contributed by atoms with Gasteiger partial charge in [-0.25, -0.2) is 8.42 Å². The van der Waals surface area contributed by atoms with Crippen LogP contribution in [0.3, 0.4) is 0 Å². The van der Waals surface area contributed by atoms with Gasteiger partial charge in [-0.05, 0) is 55.0 Å². The molecule has 7 nitrogen and oxygen atoms in total. The van der Waals surface area contributed by atoms with Gasteiger partial charge in [-0.3, -0.25) is 14.3 Å². The molecule has 2 amide bonds. The molecule has 0 bridgehead atoms. The van der Waals surface area contributed by atoms with Gasteiger partial charge in [-0.15, -0.1) is 0 Å². The van der Waals surface area contributed by atoms with Crippen molar-refractivity contribution in [2.24, 2.45) is 0 Å². The Kier molecular flexibility index (Phi) is 7.46. The molecule has 0 radical (unpaired) electrons. The maximum Gasteiger partial charge on any atom is 0.261 e. The van der Waals surface area contributed by atoms with Gasteiger partial charge in [0.15, 0.2) is 0 Å². The first kappa shape index (κ1) is 24.7. The Labute approximate surface area is 210 Å². The summed E-state index contributed by atoms with van der Waals surface area (Å²) in [4.78, 5) is 26.1. The maximum atomic E-state index is 13.0. The number of hydrogen-bond acceptors (Lipinski definition) is 4. The van der Waals surface area contributed by atoms with E-state index in [2.05, 4.69) is 15.4 Å². The van der Waals surface area contributed by atoms with E-state index in [-0.39, 0.29) is 28.1 Å². The van der Waals surface area contributed by atoms with Crippen molar-refractivity contribution in [3.63, 3.8) is 0 Å². The summed E-state index contributed by atoms with van der Waals surface area (Å²) in [6.45, 7) is 1.89. The van der Waals surface area contributed by atoms with Gasteiger partial charge in [-0.1, -0.05) is 66.7 Å². The lowest BCUT2D eigenvalue weighted by atomic mass is 10.1. The minimum Gasteiger partial charge on any atom is -0.345 e. The minimum atomic E-state index is -3.80. The summed E-state index contributed by atoms with van der Waals surface area (Å²) in [5, 5.41) is 5.71. The van der Waals surface area contributed by atoms with Crippen LogP contribution in [0.4, 0.5) is 11.4 Å². The van der Waals surface area contributed by atoms with Crippen molar-refractivity contribution in [1.82, 2.24) is 5.32 Å². The zero-order valence-electron chi connectivity index (χ0n) is 19.5. The Morgan fingerprint density at radius 1 is 0.722 bits per heavy atom. The van der Waals surface area contributed by atoms with Crippen LogP contribution < -0.4 is 15.4 Å². The topological polar surface area (TPSA) is 104 Å². The summed E-state index contributed by atoms with van der Waals surface area (Å²) < 4.78 is 27.7. The molecular formula is C28H25N3O4S. The van der Waals surface area contributed by atoms with Crippen LogP contribution in [0.15, 0.2) is 114 Å². The van der Waals surface area contributed by atoms with Gasteiger partial charge in [-0.2, -0.15) is 0 Å². The number of anilines is 2. The van der Waals surface area contributed by atoms with Gasteiger partial charge >= 0.3 is 0 Å². The summed E-state index contributed by atoms with van der Waals surface area (Å²) in [6, 6.07) is 30.2. The quantitative estimate of drug-likeness (QED) is 0.309. The third kappa shape index (κ3) is 5.97. The molecule has 36 heavy (non-hydrogen) atoms. The highest BCUT2D eigenvalue weighted by atomic mass is 32.2. The predicted octanol–water partition coefficient (Wildman–Crippen LogP) is 5.23. The molecule has 0 saturated heterocycles. The Morgan fingerprint density at radius 3 is 2.08 bits per heavy atom. The van der Waals surface area contributed by atoms with Crippen LogP contribution in [0.25, 0.3) is 0 Å². The molecule has 8 heteroatoms. The molecule has 4 aromatic carbocycles. The molecule has 0 aliphatic carbocycles. The van der Waals surface area contributed by atoms with E-state index in [0.717, 1.165) is 5.56 Å². The van der Waals surface area contributed by atoms with E-state index in [1.165, 1.54) is 18.2 Å². The second-order valence-electron chi connectivity index (χ2n) is 8.10. The Bertz CT molecular complexity index is 1470. The molecule has 0 aromatic heterocycles. The third-order valence-electron chi connectivity index (χ3n) is 5.50. The third-order valence-corrected chi connectivity index (χ3v) is 6.89. The zero-order chi connectivity index (χ0) is 25.5. The van der Waals surface area contributed by atoms with Crippen LogP contribution in [-0.2, 0) is 10.0 Å². The van der Waals surface area contributed by atoms with Crippen molar-refractivity contribution in [2.75, 3.05) is 10.0 Å². The first-order chi connectivity index (χ1) is 17.3. The van der Waals surface area contributed by atoms with Gasteiger partial charge in [0.2, 0.25) is 0 Å². The fraction of sp³-hybridized carbons (Fsp3) is 0.0714. The molecule has 1 atom stereocenters. The summed E-state index contributed by atoms with van der Waals surface area (Å²) >= 11 is 0. The van der Waals surface area contributed by atoms with Crippen molar-refractivity contribution in [2.45, 2.75) is 17.9 Å². The van der Waals surface area contributed by atoms with Crippen molar-refractivity contribution in [3.05, 3.63) is 126 Å². The molecule has 182 valence electrons. The summed E-state index contributed by atoms with van der Waals surface area (Å²) in [6.07, 6.45) is 0. The van der Waals surface area contributed by atoms with E-state index in [0.29, 0.717) is 11.3 Å². The average Bonchev–Trinajstić information content (AvgIpc) is 2.90. The Hall–Kier alpha value is -4.43. The lowest BCUT2D eigenvalue weighted by Crippen LogP contribution is -2.28. The lowest BCUT2D eigenvalue weighted by Gasteiger charge is -2.16. The van der Waals surface area contributed by atoms with Gasteiger partial charge in [0.1, 0.15) is 0 Å². The van der Waals surface area contributed by atoms with Gasteiger partial charge in [0.25, 0.3) is 21.8 Å². The van der Waals surface area contributed by atoms with Crippen molar-refractivity contribution in [1.29, 1.82) is 0 Å². The molecule has 4 rings (SSSR count). The van der Waals surface area contributed by atoms with Crippen LogP contribution >= 0.6 is 0 Å². The number of benzene rings is 4. The SMILES string of the molecule is C[C@@H](NC(=O)c1ccccc1NC(=O)c1cccc(NS(=O)(=O)c2ccccc2)c1)c1ccccc1. The number of rotatable bonds is 8. The van der Waals surface area contributed by atoms with E-state index in [1.54, 1.807) is 60.7 Å². The first-order valence-corrected chi connectivity index (χ1v) is 12.8. The van der Waals surface area contributed by atoms with Crippen LogP contribution in [0.1, 0.15) is 39.2 Å². The number of para-hydroxylation sites is 1. The molecule has 4 aromatic rings. The highest BCUT2D eigenvalue weighted by Gasteiger charge is 2.18. The highest BCUT2D eigenvalue weighted by Crippen LogP contribution is 2.21. The van der Waals surface area contributed by atoms with Crippen LogP contribution in [-0.4, -0.2) is 20.2 Å². The number of sulfonamides is 1. The molecule has 0 spiro atoms. The molecule has 0 unspecified atom stereocenters. The van der Waals surface area contributed by atoms with Gasteiger partial charge in [0.05, 0.1) is 22.2 Å². The lowest BCUT2D eigenvalue weighted by molar-refractivity contribution is 0.0940. The summed E-state index contributed by atoms with van der Waals surface area (Å²) in [5.74, 6) is -0.807. The van der Waals surface area contributed by atoms with Crippen molar-refractivity contribution >= 4 is 33.2 Å². The second kappa shape index (κ2) is 10.9. The number of carbonyl (C=O) groups is 2. The molecule has 0 fully saturated rings. The predicted molar refractivity (Wildman–Crippen MR) is 140 cm³/mol. The molecule has 3 N–H and O–H groups in total. The van der Waals surface area contributed by atoms with Crippen LogP contribution in [0.2, 0.25) is 0 Å². The Balaban J connectivity index is 1.49. The maximum absolute atomic E-state index is 13.0. The van der Waals surface area contributed by atoms with Gasteiger partial charge < -0.3 is 10.6 Å². The van der Waals surface area contributed by atoms with Crippen LogP contribution in [0, 0.1) is 0 Å². The average molecular weight is 500 g/mol. The van der Waals surface area contributed by atoms with Crippen molar-refractivity contribution in [3.8, 4) is 0 Å². The number of hydrogen-bond donors (Lipinski definition) is 3. The Morgan fingerprint density at radius 2 is 1.36 bits per heavy atom. The van der Waals surface area contributed by atoms with E-state index in [1.807, 2.05) is 37.3 Å². The normalized spacial score (nSPS) is 11.8. The van der Waals surface area contributed by atoms with E-state index >= 15 is 0 Å². The number of nitrogens with one attached hydrogen (secondary N) is 3. The standard InChI is InChI=1S/C28H25N3O4S/c1-20(21-11-4-2-5-12-21)29-28(33)25-17-8-9-18-26(25)30-27(32)22-13-10-14-23(19-22)31-36(34,35)24-15-6-3-7-16-24/h2-20,31H,1H3,(H,29,33)(H,30,32)/t20-/m1/s1. The fourth-order valence-corrected chi connectivity index (χ4v) is 4.69. The smallest absolute Gasteiger partial charge is 0.261 e. The van der Waals surface area contributed by atoms with E-state index in [4.69, 9.17) is 0 Å². The van der Waals surface area contributed by atoms with Gasteiger partial charge in [0, 0.05) is 11.3 Å². The highest BCUT2D eigenvalue weighted by molar-refractivity contribution is 7.92. The summed E-state index contributed by atoms with van der Waals surface area (Å²) in [7, 11) is -3.80. The van der Waals surface area contributed by atoms with E-state index in [9.17, 15) is 18.0 Å². The van der Waals surface area contributed by atoms with Crippen molar-refractivity contribution < 1.29 is 18.0 Å². The molecule has 0 aliphatic rings. The minimum absolute atomic E-state index is 0.115. The van der Waals surface area contributed by atoms with E-state index < -0.39 is 15.9 Å². The molecular weight excluding hydrogens is 474 g/mol. The monoisotopic (exact) mass is 499 g/mol. The molecule has 0 heterocycles. The first-order valence-electron chi connectivity index (χ1n) is 11.3. The summed E-state index contributed by atoms with van der Waals surface area (Å²) in [5.41, 5.74) is 2.09. The number of carbonyl (C=O) groups excluding carboxylic acids is 2.